The summed E-state index contributed by atoms with van der Waals surface area (Å²) in [4.78, 5) is 44.8. The lowest BCUT2D eigenvalue weighted by Gasteiger charge is -2.44. The van der Waals surface area contributed by atoms with Crippen LogP contribution >= 0.6 is 0 Å². The molecule has 0 spiro atoms. The van der Waals surface area contributed by atoms with Gasteiger partial charge in [0.25, 0.3) is 0 Å². The van der Waals surface area contributed by atoms with Gasteiger partial charge in [-0.2, -0.15) is 0 Å². The number of aryl methyl sites for hydroxylation is 1. The molecule has 268 valence electrons. The number of anilines is 1. The largest absolute Gasteiger partial charge is 0.458 e. The highest BCUT2D eigenvalue weighted by atomic mass is 16.6. The second-order valence-electron chi connectivity index (χ2n) is 14.7. The number of hydrogen-bond acceptors (Lipinski definition) is 10. The third-order valence-electron chi connectivity index (χ3n) is 10.9. The number of cyclic esters (lactones) is 1. The number of fused-ring (bicyclic) bond motifs is 1. The minimum absolute atomic E-state index is 0.130. The number of esters is 1. The molecular formula is C36H55BN6O6. The van der Waals surface area contributed by atoms with E-state index in [1.165, 1.54) is 0 Å². The molecule has 4 rings (SSSR count). The average molecular weight is 679 g/mol. The van der Waals surface area contributed by atoms with Crippen LogP contribution in [0.25, 0.3) is 11.3 Å². The van der Waals surface area contributed by atoms with Gasteiger partial charge in [0.15, 0.2) is 5.60 Å². The van der Waals surface area contributed by atoms with Gasteiger partial charge in [-0.05, 0) is 84.3 Å². The third-order valence-corrected chi connectivity index (χ3v) is 10.9. The van der Waals surface area contributed by atoms with Crippen LogP contribution in [-0.4, -0.2) is 107 Å². The fourth-order valence-corrected chi connectivity index (χ4v) is 7.83. The van der Waals surface area contributed by atoms with Crippen molar-refractivity contribution in [1.29, 1.82) is 0 Å². The molecule has 13 heteroatoms. The number of methoxy groups -OCH3 is 1. The molecule has 3 heterocycles. The van der Waals surface area contributed by atoms with Gasteiger partial charge in [-0.3, -0.25) is 19.2 Å². The Kier molecular flexibility index (Phi) is 12.2. The SMILES string of the molecule is [B][C@@H]1[C@@H](C)C(=O)[C@@H](C)C(=O)O[C@H](CC)[C@@]2(C)OC(=O)N(CCCCn3cc(-c4cccc(N)c4)nn3)[C@@H]2[C@@H](C)N(C)C[C@H](C)C[C@@]1(C)OC. The Bertz CT molecular complexity index is 1470. The van der Waals surface area contributed by atoms with E-state index in [-0.39, 0.29) is 17.7 Å². The molecule has 0 aliphatic carbocycles. The van der Waals surface area contributed by atoms with Crippen LogP contribution < -0.4 is 5.73 Å². The predicted molar refractivity (Wildman–Crippen MR) is 189 cm³/mol. The summed E-state index contributed by atoms with van der Waals surface area (Å²) in [6.07, 6.45) is 3.09. The van der Waals surface area contributed by atoms with Crippen molar-refractivity contribution in [3.8, 4) is 11.3 Å². The molecule has 1 aromatic carbocycles. The first-order valence-corrected chi connectivity index (χ1v) is 17.6. The first-order valence-electron chi connectivity index (χ1n) is 17.6. The molecule has 0 saturated carbocycles. The maximum absolute atomic E-state index is 13.7. The Hall–Kier alpha value is -3.45. The van der Waals surface area contributed by atoms with Gasteiger partial charge < -0.3 is 24.8 Å². The van der Waals surface area contributed by atoms with Crippen molar-refractivity contribution in [2.45, 2.75) is 116 Å². The summed E-state index contributed by atoms with van der Waals surface area (Å²) >= 11 is 0. The summed E-state index contributed by atoms with van der Waals surface area (Å²) in [5.41, 5.74) is 6.27. The third kappa shape index (κ3) is 8.14. The molecule has 49 heavy (non-hydrogen) atoms. The molecule has 2 radical (unpaired) electrons. The number of nitrogen functional groups attached to an aromatic ring is 1. The van der Waals surface area contributed by atoms with Crippen molar-refractivity contribution in [2.75, 3.05) is 33.0 Å². The highest BCUT2D eigenvalue weighted by Crippen LogP contribution is 2.41. The number of carbonyl (C=O) groups excluding carboxylic acids is 3. The van der Waals surface area contributed by atoms with Crippen LogP contribution in [0.5, 0.6) is 0 Å². The van der Waals surface area contributed by atoms with Crippen molar-refractivity contribution in [3.63, 3.8) is 0 Å². The number of aromatic nitrogens is 3. The number of nitrogens with two attached hydrogens (primary N) is 1. The predicted octanol–water partition coefficient (Wildman–Crippen LogP) is 4.77. The van der Waals surface area contributed by atoms with E-state index < -0.39 is 53.1 Å². The Labute approximate surface area is 292 Å². The number of rotatable bonds is 8. The van der Waals surface area contributed by atoms with Gasteiger partial charge in [-0.15, -0.1) is 5.10 Å². The minimum Gasteiger partial charge on any atom is -0.458 e. The zero-order chi connectivity index (χ0) is 36.3. The van der Waals surface area contributed by atoms with Crippen LogP contribution in [0, 0.1) is 17.8 Å². The van der Waals surface area contributed by atoms with Crippen molar-refractivity contribution >= 4 is 31.4 Å². The van der Waals surface area contributed by atoms with Crippen LogP contribution in [0.15, 0.2) is 30.5 Å². The van der Waals surface area contributed by atoms with Gasteiger partial charge >= 0.3 is 12.1 Å². The number of hydrogen-bond donors (Lipinski definition) is 1. The number of carbonyl (C=O) groups is 3. The lowest BCUT2D eigenvalue weighted by atomic mass is 9.62. The summed E-state index contributed by atoms with van der Waals surface area (Å²) in [5, 5.41) is 8.58. The van der Waals surface area contributed by atoms with Gasteiger partial charge in [-0.1, -0.05) is 38.1 Å². The first-order chi connectivity index (χ1) is 23.1. The van der Waals surface area contributed by atoms with E-state index in [1.54, 1.807) is 30.5 Å². The van der Waals surface area contributed by atoms with Gasteiger partial charge in [0.2, 0.25) is 0 Å². The Morgan fingerprint density at radius 3 is 2.45 bits per heavy atom. The highest BCUT2D eigenvalue weighted by Gasteiger charge is 2.59. The number of benzene rings is 1. The molecule has 1 aromatic heterocycles. The van der Waals surface area contributed by atoms with Crippen LogP contribution in [0.4, 0.5) is 10.5 Å². The van der Waals surface area contributed by atoms with Crippen molar-refractivity contribution in [2.24, 2.45) is 17.8 Å². The summed E-state index contributed by atoms with van der Waals surface area (Å²) in [6, 6.07) is 6.90. The summed E-state index contributed by atoms with van der Waals surface area (Å²) in [5.74, 6) is -3.16. The normalized spacial score (nSPS) is 33.8. The maximum atomic E-state index is 13.7. The Morgan fingerprint density at radius 2 is 1.80 bits per heavy atom. The van der Waals surface area contributed by atoms with Gasteiger partial charge in [0.05, 0.1) is 25.7 Å². The number of ketones is 1. The Balaban J connectivity index is 1.58. The molecule has 2 aromatic rings. The van der Waals surface area contributed by atoms with E-state index in [2.05, 4.69) is 29.1 Å². The molecule has 2 saturated heterocycles. The molecule has 0 unspecified atom stereocenters. The zero-order valence-electron chi connectivity index (χ0n) is 30.7. The van der Waals surface area contributed by atoms with Gasteiger partial charge in [0, 0.05) is 50.0 Å². The van der Waals surface area contributed by atoms with E-state index in [4.69, 9.17) is 27.8 Å². The summed E-state index contributed by atoms with van der Waals surface area (Å²) in [6.45, 7) is 14.9. The number of Topliss-reactive ketones (excluding diaryl/α,β-unsaturated/α-hetero) is 1. The highest BCUT2D eigenvalue weighted by molar-refractivity contribution is 6.15. The molecule has 2 N–H and O–H groups in total. The number of ether oxygens (including phenoxy) is 3. The molecule has 9 atom stereocenters. The van der Waals surface area contributed by atoms with Gasteiger partial charge in [-0.25, -0.2) is 4.79 Å². The van der Waals surface area contributed by atoms with Crippen LogP contribution in [-0.2, 0) is 30.3 Å². The maximum Gasteiger partial charge on any atom is 0.410 e. The fraction of sp³-hybridized carbons (Fsp3) is 0.694. The van der Waals surface area contributed by atoms with E-state index in [9.17, 15) is 14.4 Å². The second-order valence-corrected chi connectivity index (χ2v) is 14.7. The topological polar surface area (TPSA) is 142 Å². The number of nitrogens with zero attached hydrogens (tertiary/aromatic N) is 5. The smallest absolute Gasteiger partial charge is 0.410 e. The van der Waals surface area contributed by atoms with Crippen LogP contribution in [0.2, 0.25) is 5.82 Å². The lowest BCUT2D eigenvalue weighted by molar-refractivity contribution is -0.171. The van der Waals surface area contributed by atoms with Gasteiger partial charge in [0.1, 0.15) is 23.5 Å². The molecule has 2 fully saturated rings. The molecule has 2 aliphatic heterocycles. The summed E-state index contributed by atoms with van der Waals surface area (Å²) < 4.78 is 20.0. The second kappa shape index (κ2) is 15.6. The fourth-order valence-electron chi connectivity index (χ4n) is 7.83. The van der Waals surface area contributed by atoms with E-state index in [0.29, 0.717) is 44.6 Å². The molecule has 0 bridgehead atoms. The average Bonchev–Trinajstić information content (AvgIpc) is 3.64. The number of unbranched alkanes of at least 4 members (excludes halogenated alkanes) is 1. The number of amides is 1. The summed E-state index contributed by atoms with van der Waals surface area (Å²) in [7, 11) is 10.3. The van der Waals surface area contributed by atoms with Crippen LogP contribution in [0.3, 0.4) is 0 Å². The Morgan fingerprint density at radius 1 is 1.10 bits per heavy atom. The first kappa shape index (κ1) is 38.4. The molecule has 2 aliphatic rings. The number of likely N-dealkylation sites (N-methyl/N-ethyl adjacent to an activating group) is 1. The van der Waals surface area contributed by atoms with Crippen LogP contribution in [0.1, 0.15) is 74.1 Å². The monoisotopic (exact) mass is 678 g/mol. The van der Waals surface area contributed by atoms with Crippen molar-refractivity contribution < 1.29 is 28.6 Å². The van der Waals surface area contributed by atoms with E-state index >= 15 is 0 Å². The minimum atomic E-state index is -1.16. The molecule has 1 amide bonds. The standard InChI is InChI=1S/C36H55BN6O6/c1-10-29-36(7)32(43(34(46)49-36)17-12-11-16-42-21-28(39-40-42)26-14-13-15-27(38)18-26)25(5)41(8)20-22(2)19-35(6,47-9)31(37)23(3)30(44)24(4)33(45)48-29/h13-15,18,21-25,29,31-32H,10-12,16-17,19-20,38H2,1-9H3/t22-,23+,24-,25-,29-,31-,32-,35-,36-/m1/s1. The quantitative estimate of drug-likeness (QED) is 0.136. The van der Waals surface area contributed by atoms with Crippen molar-refractivity contribution in [1.82, 2.24) is 24.8 Å². The zero-order valence-corrected chi connectivity index (χ0v) is 30.7. The van der Waals surface area contributed by atoms with E-state index in [1.807, 2.05) is 58.3 Å². The van der Waals surface area contributed by atoms with E-state index in [0.717, 1.165) is 17.7 Å². The molecular weight excluding hydrogens is 623 g/mol. The lowest BCUT2D eigenvalue weighted by Crippen LogP contribution is -2.61. The van der Waals surface area contributed by atoms with Crippen molar-refractivity contribution in [3.05, 3.63) is 30.5 Å². The molecule has 12 nitrogen and oxygen atoms in total.